The van der Waals surface area contributed by atoms with Gasteiger partial charge in [-0.3, -0.25) is 20.2 Å². The molecule has 0 spiro atoms. The van der Waals surface area contributed by atoms with E-state index in [0.29, 0.717) is 17.2 Å². The lowest BCUT2D eigenvalue weighted by atomic mass is 10.1. The van der Waals surface area contributed by atoms with E-state index in [0.717, 1.165) is 0 Å². The Morgan fingerprint density at radius 3 is 2.22 bits per heavy atom. The summed E-state index contributed by atoms with van der Waals surface area (Å²) in [5, 5.41) is 16.2. The van der Waals surface area contributed by atoms with Crippen molar-refractivity contribution < 1.29 is 23.9 Å². The van der Waals surface area contributed by atoms with Gasteiger partial charge in [-0.05, 0) is 36.5 Å². The molecule has 0 bridgehead atoms. The number of ether oxygens (including phenoxy) is 3. The average molecular weight is 391 g/mol. The second kappa shape index (κ2) is 8.81. The smallest absolute Gasteiger partial charge is 0.296 e. The molecule has 0 atom stereocenters. The van der Waals surface area contributed by atoms with Gasteiger partial charge in [0.05, 0.1) is 32.3 Å². The van der Waals surface area contributed by atoms with E-state index in [2.05, 4.69) is 10.6 Å². The Balaban J connectivity index is 2.22. The number of carbonyl (C=O) groups is 1. The third-order valence-electron chi connectivity index (χ3n) is 3.53. The van der Waals surface area contributed by atoms with Crippen LogP contribution in [0.25, 0.3) is 0 Å². The lowest BCUT2D eigenvalue weighted by molar-refractivity contribution is -0.384. The van der Waals surface area contributed by atoms with E-state index in [1.54, 1.807) is 18.2 Å². The third-order valence-corrected chi connectivity index (χ3v) is 3.74. The third kappa shape index (κ3) is 4.61. The predicted octanol–water partition coefficient (Wildman–Crippen LogP) is 2.75. The Labute approximate surface area is 160 Å². The Morgan fingerprint density at radius 1 is 1.07 bits per heavy atom. The van der Waals surface area contributed by atoms with Crippen molar-refractivity contribution in [1.29, 1.82) is 0 Å². The Morgan fingerprint density at radius 2 is 1.70 bits per heavy atom. The number of hydrogen-bond donors (Lipinski definition) is 2. The maximum Gasteiger partial charge on any atom is 0.296 e. The lowest BCUT2D eigenvalue weighted by Gasteiger charge is -2.14. The number of benzene rings is 2. The molecule has 2 aromatic carbocycles. The highest BCUT2D eigenvalue weighted by molar-refractivity contribution is 7.80. The summed E-state index contributed by atoms with van der Waals surface area (Å²) < 4.78 is 15.3. The molecule has 0 aliphatic rings. The molecule has 2 N–H and O–H groups in total. The van der Waals surface area contributed by atoms with E-state index in [1.807, 2.05) is 0 Å². The van der Waals surface area contributed by atoms with Crippen molar-refractivity contribution in [3.63, 3.8) is 0 Å². The van der Waals surface area contributed by atoms with Gasteiger partial charge in [-0.1, -0.05) is 6.07 Å². The van der Waals surface area contributed by atoms with Crippen molar-refractivity contribution in [2.24, 2.45) is 0 Å². The molecule has 2 aromatic rings. The number of rotatable bonds is 6. The van der Waals surface area contributed by atoms with E-state index in [9.17, 15) is 14.9 Å². The normalized spacial score (nSPS) is 9.89. The molecular formula is C17H17N3O6S. The van der Waals surface area contributed by atoms with Gasteiger partial charge < -0.3 is 19.5 Å². The van der Waals surface area contributed by atoms with Gasteiger partial charge in [0.25, 0.3) is 11.6 Å². The molecule has 142 valence electrons. The fourth-order valence-electron chi connectivity index (χ4n) is 2.29. The zero-order valence-electron chi connectivity index (χ0n) is 14.8. The highest BCUT2D eigenvalue weighted by Gasteiger charge is 2.21. The van der Waals surface area contributed by atoms with E-state index >= 15 is 0 Å². The van der Waals surface area contributed by atoms with Gasteiger partial charge in [0.2, 0.25) is 0 Å². The monoisotopic (exact) mass is 391 g/mol. The molecule has 0 saturated heterocycles. The van der Waals surface area contributed by atoms with Crippen LogP contribution >= 0.6 is 12.2 Å². The van der Waals surface area contributed by atoms with Crippen molar-refractivity contribution in [3.05, 3.63) is 52.1 Å². The molecule has 0 aliphatic heterocycles. The Bertz CT molecular complexity index is 865. The van der Waals surface area contributed by atoms with Crippen LogP contribution in [0.4, 0.5) is 11.4 Å². The fraction of sp³-hybridized carbons (Fsp3) is 0.176. The highest BCUT2D eigenvalue weighted by atomic mass is 32.1. The summed E-state index contributed by atoms with van der Waals surface area (Å²) in [5.74, 6) is 0.328. The van der Waals surface area contributed by atoms with E-state index in [4.69, 9.17) is 26.4 Å². The van der Waals surface area contributed by atoms with Crippen molar-refractivity contribution in [3.8, 4) is 17.2 Å². The first kappa shape index (κ1) is 19.9. The van der Waals surface area contributed by atoms with Gasteiger partial charge in [-0.25, -0.2) is 0 Å². The highest BCUT2D eigenvalue weighted by Crippen LogP contribution is 2.30. The number of anilines is 1. The molecule has 0 heterocycles. The number of hydrogen-bond acceptors (Lipinski definition) is 7. The van der Waals surface area contributed by atoms with Crippen LogP contribution in [-0.2, 0) is 0 Å². The average Bonchev–Trinajstić information content (AvgIpc) is 2.67. The molecule has 0 saturated carbocycles. The quantitative estimate of drug-likeness (QED) is 0.439. The minimum absolute atomic E-state index is 0.109. The summed E-state index contributed by atoms with van der Waals surface area (Å²) in [6.07, 6.45) is 0. The largest absolute Gasteiger partial charge is 0.496 e. The van der Waals surface area contributed by atoms with Crippen molar-refractivity contribution in [1.82, 2.24) is 5.32 Å². The number of methoxy groups -OCH3 is 3. The maximum atomic E-state index is 12.6. The summed E-state index contributed by atoms with van der Waals surface area (Å²) in [5.41, 5.74) is 0.00907. The van der Waals surface area contributed by atoms with Crippen LogP contribution in [0, 0.1) is 10.1 Å². The maximum absolute atomic E-state index is 12.6. The molecule has 27 heavy (non-hydrogen) atoms. The van der Waals surface area contributed by atoms with Crippen LogP contribution in [0.2, 0.25) is 0 Å². The number of nitro benzene ring substituents is 1. The summed E-state index contributed by atoms with van der Waals surface area (Å²) in [4.78, 5) is 23.2. The molecule has 0 aliphatic carbocycles. The predicted molar refractivity (Wildman–Crippen MR) is 103 cm³/mol. The van der Waals surface area contributed by atoms with E-state index in [1.165, 1.54) is 39.5 Å². The van der Waals surface area contributed by atoms with Gasteiger partial charge in [-0.2, -0.15) is 0 Å². The van der Waals surface area contributed by atoms with Gasteiger partial charge in [0, 0.05) is 0 Å². The Hall–Kier alpha value is -3.40. The van der Waals surface area contributed by atoms with E-state index in [-0.39, 0.29) is 22.1 Å². The van der Waals surface area contributed by atoms with Crippen LogP contribution in [0.1, 0.15) is 10.4 Å². The molecule has 0 radical (unpaired) electrons. The topological polar surface area (TPSA) is 112 Å². The second-order valence-corrected chi connectivity index (χ2v) is 5.49. The number of nitrogens with one attached hydrogen (secondary N) is 2. The van der Waals surface area contributed by atoms with Crippen molar-refractivity contribution in [2.45, 2.75) is 0 Å². The second-order valence-electron chi connectivity index (χ2n) is 5.09. The summed E-state index contributed by atoms with van der Waals surface area (Å²) in [7, 11) is 4.24. The molecular weight excluding hydrogens is 374 g/mol. The molecule has 0 fully saturated rings. The first-order valence-electron chi connectivity index (χ1n) is 7.57. The minimum atomic E-state index is -0.585. The number of nitro groups is 1. The van der Waals surface area contributed by atoms with Gasteiger partial charge in [-0.15, -0.1) is 0 Å². The molecule has 1 amide bonds. The number of amides is 1. The van der Waals surface area contributed by atoms with Gasteiger partial charge >= 0.3 is 0 Å². The number of thiocarbonyl (C=S) groups is 1. The van der Waals surface area contributed by atoms with Crippen LogP contribution in [-0.4, -0.2) is 37.3 Å². The molecule has 9 nitrogen and oxygen atoms in total. The van der Waals surface area contributed by atoms with Crippen LogP contribution in [0.15, 0.2) is 36.4 Å². The van der Waals surface area contributed by atoms with Crippen LogP contribution in [0.5, 0.6) is 17.2 Å². The molecule has 0 unspecified atom stereocenters. The van der Waals surface area contributed by atoms with Gasteiger partial charge in [0.1, 0.15) is 28.5 Å². The Kier molecular flexibility index (Phi) is 6.50. The van der Waals surface area contributed by atoms with Crippen molar-refractivity contribution in [2.75, 3.05) is 26.6 Å². The zero-order valence-corrected chi connectivity index (χ0v) is 15.6. The molecule has 0 aromatic heterocycles. The first-order chi connectivity index (χ1) is 12.9. The van der Waals surface area contributed by atoms with Crippen LogP contribution in [0.3, 0.4) is 0 Å². The molecule has 2 rings (SSSR count). The lowest BCUT2D eigenvalue weighted by Crippen LogP contribution is -2.34. The summed E-state index contributed by atoms with van der Waals surface area (Å²) in [6.45, 7) is 0. The minimum Gasteiger partial charge on any atom is -0.496 e. The SMILES string of the molecule is COc1ccc(NC(=S)NC(=O)c2c(OC)cccc2OC)c([N+](=O)[O-])c1. The van der Waals surface area contributed by atoms with Gasteiger partial charge in [0.15, 0.2) is 5.11 Å². The number of nitrogens with zero attached hydrogens (tertiary/aromatic N) is 1. The molecule has 10 heteroatoms. The van der Waals surface area contributed by atoms with Crippen LogP contribution < -0.4 is 24.8 Å². The first-order valence-corrected chi connectivity index (χ1v) is 7.97. The summed E-state index contributed by atoms with van der Waals surface area (Å²) in [6, 6.07) is 9.08. The van der Waals surface area contributed by atoms with E-state index < -0.39 is 10.8 Å². The fourth-order valence-corrected chi connectivity index (χ4v) is 2.49. The van der Waals surface area contributed by atoms with Crippen molar-refractivity contribution >= 4 is 34.6 Å². The summed E-state index contributed by atoms with van der Waals surface area (Å²) >= 11 is 5.10. The number of carbonyl (C=O) groups excluding carboxylic acids is 1. The standard InChI is InChI=1S/C17H17N3O6S/c1-24-10-7-8-11(12(9-10)20(22)23)18-17(27)19-16(21)15-13(25-2)5-4-6-14(15)26-3/h4-9H,1-3H3,(H2,18,19,21,27). The zero-order chi connectivity index (χ0) is 20.0.